The number of nitriles is 1. The van der Waals surface area contributed by atoms with Gasteiger partial charge in [-0.1, -0.05) is 0 Å². The number of carbonyl (C=O) groups is 1. The van der Waals surface area contributed by atoms with Crippen LogP contribution in [0.15, 0.2) is 42.0 Å². The Balaban J connectivity index is 1.89. The third-order valence-corrected chi connectivity index (χ3v) is 4.46. The van der Waals surface area contributed by atoms with Crippen LogP contribution in [0.3, 0.4) is 0 Å². The molecule has 1 N–H and O–H groups in total. The Labute approximate surface area is 151 Å². The van der Waals surface area contributed by atoms with Crippen molar-refractivity contribution in [2.24, 2.45) is 0 Å². The molecule has 2 aromatic carbocycles. The van der Waals surface area contributed by atoms with Crippen LogP contribution in [0.5, 0.6) is 5.75 Å². The lowest BCUT2D eigenvalue weighted by Gasteiger charge is -2.18. The van der Waals surface area contributed by atoms with Gasteiger partial charge < -0.3 is 10.1 Å². The maximum Gasteiger partial charge on any atom is 0.266 e. The summed E-state index contributed by atoms with van der Waals surface area (Å²) in [6.45, 7) is 0. The van der Waals surface area contributed by atoms with E-state index in [1.807, 2.05) is 18.2 Å². The highest BCUT2D eigenvalue weighted by Crippen LogP contribution is 2.30. The van der Waals surface area contributed by atoms with Crippen LogP contribution in [0, 0.1) is 17.1 Å². The van der Waals surface area contributed by atoms with Crippen molar-refractivity contribution in [3.8, 4) is 11.8 Å². The van der Waals surface area contributed by atoms with E-state index in [1.54, 1.807) is 7.11 Å². The van der Waals surface area contributed by atoms with Gasteiger partial charge in [0.2, 0.25) is 0 Å². The van der Waals surface area contributed by atoms with Crippen LogP contribution in [0.4, 0.5) is 10.1 Å². The fourth-order valence-electron chi connectivity index (χ4n) is 3.11. The summed E-state index contributed by atoms with van der Waals surface area (Å²) < 4.78 is 18.4. The summed E-state index contributed by atoms with van der Waals surface area (Å²) in [5.41, 5.74) is 3.59. The first-order chi connectivity index (χ1) is 12.6. The molecule has 0 saturated heterocycles. The SMILES string of the molecule is COc1cc2c(cc1/C=C(\C#N)C(=O)Nc1ccc(F)cc1)CCCC2. The fraction of sp³-hybridized carbons (Fsp3) is 0.238. The van der Waals surface area contributed by atoms with Crippen molar-refractivity contribution in [3.05, 3.63) is 64.5 Å². The zero-order valence-electron chi connectivity index (χ0n) is 14.5. The third kappa shape index (κ3) is 3.92. The molecule has 0 unspecified atom stereocenters. The summed E-state index contributed by atoms with van der Waals surface area (Å²) in [4.78, 5) is 12.4. The predicted octanol–water partition coefficient (Wildman–Crippen LogP) is 4.26. The van der Waals surface area contributed by atoms with Gasteiger partial charge in [0.15, 0.2) is 0 Å². The summed E-state index contributed by atoms with van der Waals surface area (Å²) in [6.07, 6.45) is 5.84. The first kappa shape index (κ1) is 17.7. The molecule has 0 spiro atoms. The molecule has 1 amide bonds. The van der Waals surface area contributed by atoms with Crippen LogP contribution in [-0.2, 0) is 17.6 Å². The highest BCUT2D eigenvalue weighted by atomic mass is 19.1. The van der Waals surface area contributed by atoms with Crippen LogP contribution in [0.2, 0.25) is 0 Å². The fourth-order valence-corrected chi connectivity index (χ4v) is 3.11. The smallest absolute Gasteiger partial charge is 0.266 e. The monoisotopic (exact) mass is 350 g/mol. The van der Waals surface area contributed by atoms with Gasteiger partial charge in [-0.2, -0.15) is 5.26 Å². The molecule has 26 heavy (non-hydrogen) atoms. The maximum atomic E-state index is 13.0. The first-order valence-electron chi connectivity index (χ1n) is 8.49. The lowest BCUT2D eigenvalue weighted by molar-refractivity contribution is -0.112. The number of methoxy groups -OCH3 is 1. The van der Waals surface area contributed by atoms with Crippen LogP contribution < -0.4 is 10.1 Å². The summed E-state index contributed by atoms with van der Waals surface area (Å²) in [6, 6.07) is 11.3. The quantitative estimate of drug-likeness (QED) is 0.662. The number of nitrogens with one attached hydrogen (secondary N) is 1. The zero-order chi connectivity index (χ0) is 18.5. The van der Waals surface area contributed by atoms with Gasteiger partial charge in [-0.3, -0.25) is 4.79 Å². The van der Waals surface area contributed by atoms with Crippen LogP contribution >= 0.6 is 0 Å². The van der Waals surface area contributed by atoms with Crippen molar-refractivity contribution < 1.29 is 13.9 Å². The minimum Gasteiger partial charge on any atom is -0.496 e. The van der Waals surface area contributed by atoms with E-state index < -0.39 is 11.7 Å². The predicted molar refractivity (Wildman–Crippen MR) is 98.3 cm³/mol. The van der Waals surface area contributed by atoms with Gasteiger partial charge in [-0.25, -0.2) is 4.39 Å². The highest BCUT2D eigenvalue weighted by Gasteiger charge is 2.15. The van der Waals surface area contributed by atoms with Crippen molar-refractivity contribution in [2.75, 3.05) is 12.4 Å². The summed E-state index contributed by atoms with van der Waals surface area (Å²) in [7, 11) is 1.58. The molecule has 0 aromatic heterocycles. The molecule has 0 saturated carbocycles. The third-order valence-electron chi connectivity index (χ3n) is 4.46. The second-order valence-corrected chi connectivity index (χ2v) is 6.20. The second kappa shape index (κ2) is 7.83. The molecular formula is C21H19FN2O2. The maximum absolute atomic E-state index is 13.0. The van der Waals surface area contributed by atoms with Gasteiger partial charge in [-0.15, -0.1) is 0 Å². The molecule has 0 heterocycles. The van der Waals surface area contributed by atoms with Crippen molar-refractivity contribution >= 4 is 17.7 Å². The Morgan fingerprint density at radius 1 is 1.19 bits per heavy atom. The molecule has 0 aliphatic heterocycles. The Hall–Kier alpha value is -3.13. The van der Waals surface area contributed by atoms with Gasteiger partial charge >= 0.3 is 0 Å². The average molecular weight is 350 g/mol. The molecule has 132 valence electrons. The van der Waals surface area contributed by atoms with Crippen molar-refractivity contribution in [2.45, 2.75) is 25.7 Å². The molecular weight excluding hydrogens is 331 g/mol. The van der Waals surface area contributed by atoms with Crippen molar-refractivity contribution in [3.63, 3.8) is 0 Å². The lowest BCUT2D eigenvalue weighted by Crippen LogP contribution is -2.13. The number of amides is 1. The van der Waals surface area contributed by atoms with Gasteiger partial charge in [-0.05, 0) is 79.3 Å². The van der Waals surface area contributed by atoms with E-state index in [-0.39, 0.29) is 5.57 Å². The lowest BCUT2D eigenvalue weighted by atomic mass is 9.89. The highest BCUT2D eigenvalue weighted by molar-refractivity contribution is 6.09. The topological polar surface area (TPSA) is 62.1 Å². The normalized spacial score (nSPS) is 13.5. The van der Waals surface area contributed by atoms with E-state index in [4.69, 9.17) is 4.74 Å². The van der Waals surface area contributed by atoms with Gasteiger partial charge in [0.1, 0.15) is 23.2 Å². The Kier molecular flexibility index (Phi) is 5.33. The van der Waals surface area contributed by atoms with E-state index >= 15 is 0 Å². The summed E-state index contributed by atoms with van der Waals surface area (Å²) in [5.74, 6) is -0.287. The number of benzene rings is 2. The Morgan fingerprint density at radius 2 is 1.85 bits per heavy atom. The molecule has 1 aliphatic rings. The van der Waals surface area contributed by atoms with Crippen molar-refractivity contribution in [1.29, 1.82) is 5.26 Å². The number of hydrogen-bond donors (Lipinski definition) is 1. The van der Waals surface area contributed by atoms with E-state index in [0.717, 1.165) is 25.7 Å². The number of anilines is 1. The molecule has 0 fully saturated rings. The van der Waals surface area contributed by atoms with E-state index in [2.05, 4.69) is 5.32 Å². The van der Waals surface area contributed by atoms with E-state index in [0.29, 0.717) is 17.0 Å². The first-order valence-corrected chi connectivity index (χ1v) is 8.49. The minimum absolute atomic E-state index is 0.0385. The number of carbonyl (C=O) groups excluding carboxylic acids is 1. The molecule has 0 atom stereocenters. The van der Waals surface area contributed by atoms with Crippen LogP contribution in [0.1, 0.15) is 29.5 Å². The number of halogens is 1. The van der Waals surface area contributed by atoms with Gasteiger partial charge in [0.25, 0.3) is 5.91 Å². The standard InChI is InChI=1S/C21H19FN2O2/c1-26-20-12-15-5-3-2-4-14(15)10-16(20)11-17(13-23)21(25)24-19-8-6-18(22)7-9-19/h6-12H,2-5H2,1H3,(H,24,25)/b17-11+. The molecule has 1 aliphatic carbocycles. The van der Waals surface area contributed by atoms with Gasteiger partial charge in [0.05, 0.1) is 7.11 Å². The molecule has 2 aromatic rings. The van der Waals surface area contributed by atoms with Crippen LogP contribution in [0.25, 0.3) is 6.08 Å². The molecule has 5 heteroatoms. The van der Waals surface area contributed by atoms with Crippen molar-refractivity contribution in [1.82, 2.24) is 0 Å². The number of aryl methyl sites for hydroxylation is 2. The largest absolute Gasteiger partial charge is 0.496 e. The number of ether oxygens (including phenoxy) is 1. The second-order valence-electron chi connectivity index (χ2n) is 6.20. The molecule has 4 nitrogen and oxygen atoms in total. The van der Waals surface area contributed by atoms with E-state index in [9.17, 15) is 14.4 Å². The van der Waals surface area contributed by atoms with E-state index in [1.165, 1.54) is 41.5 Å². The number of fused-ring (bicyclic) bond motifs is 1. The summed E-state index contributed by atoms with van der Waals surface area (Å²) in [5, 5.41) is 12.0. The number of rotatable bonds is 4. The minimum atomic E-state index is -0.543. The number of nitrogens with zero attached hydrogens (tertiary/aromatic N) is 1. The Bertz CT molecular complexity index is 895. The average Bonchev–Trinajstić information content (AvgIpc) is 2.67. The Morgan fingerprint density at radius 3 is 2.46 bits per heavy atom. The zero-order valence-corrected chi connectivity index (χ0v) is 14.5. The van der Waals surface area contributed by atoms with Crippen LogP contribution in [-0.4, -0.2) is 13.0 Å². The molecule has 0 bridgehead atoms. The summed E-state index contributed by atoms with van der Waals surface area (Å²) >= 11 is 0. The van der Waals surface area contributed by atoms with Gasteiger partial charge in [0, 0.05) is 11.3 Å². The number of hydrogen-bond acceptors (Lipinski definition) is 3. The molecule has 3 rings (SSSR count). The molecule has 0 radical (unpaired) electrons.